The second kappa shape index (κ2) is 7.66. The molecule has 4 rings (SSSR count). The number of nitrogens with zero attached hydrogens (tertiary/aromatic N) is 1. The van der Waals surface area contributed by atoms with E-state index < -0.39 is 15.8 Å². The maximum Gasteiger partial charge on any atom is 0.312 e. The highest BCUT2D eigenvalue weighted by Crippen LogP contribution is 2.68. The smallest absolute Gasteiger partial charge is 0.312 e. The van der Waals surface area contributed by atoms with Crippen molar-refractivity contribution in [2.45, 2.75) is 30.1 Å². The number of fused-ring (bicyclic) bond motifs is 1. The van der Waals surface area contributed by atoms with Crippen LogP contribution in [0.2, 0.25) is 0 Å². The van der Waals surface area contributed by atoms with Gasteiger partial charge < -0.3 is 9.64 Å². The Labute approximate surface area is 180 Å². The van der Waals surface area contributed by atoms with Crippen LogP contribution in [-0.4, -0.2) is 40.3 Å². The molecule has 2 aromatic rings. The van der Waals surface area contributed by atoms with Crippen LogP contribution >= 0.6 is 23.2 Å². The molecule has 1 saturated carbocycles. The van der Waals surface area contributed by atoms with Crippen LogP contribution in [0.25, 0.3) is 0 Å². The molecular weight excluding hydrogens is 409 g/mol. The molecule has 2 aliphatic rings. The highest BCUT2D eigenvalue weighted by atomic mass is 35.5. The third-order valence-corrected chi connectivity index (χ3v) is 6.99. The first kappa shape index (κ1) is 20.2. The Hall–Kier alpha value is -2.04. The number of carbonyl (C=O) groups excluding carboxylic acids is 2. The molecule has 3 atom stereocenters. The van der Waals surface area contributed by atoms with Gasteiger partial charge in [-0.3, -0.25) is 9.59 Å². The van der Waals surface area contributed by atoms with Gasteiger partial charge in [-0.05, 0) is 37.5 Å². The van der Waals surface area contributed by atoms with Crippen molar-refractivity contribution in [2.75, 3.05) is 13.2 Å². The van der Waals surface area contributed by atoms with Gasteiger partial charge in [0.05, 0.1) is 18.1 Å². The van der Waals surface area contributed by atoms with Crippen molar-refractivity contribution in [2.24, 2.45) is 11.3 Å². The van der Waals surface area contributed by atoms with Crippen molar-refractivity contribution >= 4 is 35.1 Å². The molecule has 0 N–H and O–H groups in total. The van der Waals surface area contributed by atoms with Gasteiger partial charge in [0.1, 0.15) is 4.33 Å². The van der Waals surface area contributed by atoms with E-state index in [1.54, 1.807) is 24.0 Å². The molecule has 6 heteroatoms. The second-order valence-corrected chi connectivity index (χ2v) is 9.19. The van der Waals surface area contributed by atoms with E-state index in [1.807, 2.05) is 48.5 Å². The molecule has 1 heterocycles. The zero-order valence-electron chi connectivity index (χ0n) is 16.2. The maximum atomic E-state index is 13.2. The predicted molar refractivity (Wildman–Crippen MR) is 113 cm³/mol. The maximum absolute atomic E-state index is 13.2. The monoisotopic (exact) mass is 431 g/mol. The van der Waals surface area contributed by atoms with Crippen LogP contribution in [0.1, 0.15) is 29.3 Å². The molecule has 0 radical (unpaired) electrons. The lowest BCUT2D eigenvalue weighted by atomic mass is 9.72. The summed E-state index contributed by atoms with van der Waals surface area (Å²) in [6.45, 7) is 2.49. The summed E-state index contributed by atoms with van der Waals surface area (Å²) in [6, 6.07) is 18.5. The van der Waals surface area contributed by atoms with E-state index in [2.05, 4.69) is 0 Å². The number of piperidine rings is 1. The standard InChI is InChI=1S/C23H23Cl2NO3/c1-2-29-21(28)22(15-16-9-5-3-6-10-16)13-14-26(19-18(22)23(19,24)25)20(27)17-11-7-4-8-12-17/h3-12,18-19H,2,13-15H2,1H3/t18-,19-,22+/m1/s1. The predicted octanol–water partition coefficient (Wildman–Crippen LogP) is 4.50. The van der Waals surface area contributed by atoms with Crippen molar-refractivity contribution in [1.82, 2.24) is 4.90 Å². The van der Waals surface area contributed by atoms with E-state index in [1.165, 1.54) is 0 Å². The van der Waals surface area contributed by atoms with Crippen molar-refractivity contribution in [3.63, 3.8) is 0 Å². The van der Waals surface area contributed by atoms with E-state index in [0.717, 1.165) is 5.56 Å². The molecule has 0 unspecified atom stereocenters. The number of benzene rings is 2. The van der Waals surface area contributed by atoms with Crippen LogP contribution in [0.4, 0.5) is 0 Å². The van der Waals surface area contributed by atoms with Crippen molar-refractivity contribution in [3.8, 4) is 0 Å². The first-order valence-electron chi connectivity index (χ1n) is 9.87. The first-order chi connectivity index (χ1) is 13.9. The summed E-state index contributed by atoms with van der Waals surface area (Å²) >= 11 is 13.4. The number of amides is 1. The summed E-state index contributed by atoms with van der Waals surface area (Å²) in [5, 5.41) is 0. The van der Waals surface area contributed by atoms with Crippen LogP contribution in [0.3, 0.4) is 0 Å². The van der Waals surface area contributed by atoms with Gasteiger partial charge in [-0.25, -0.2) is 0 Å². The molecule has 0 spiro atoms. The molecule has 29 heavy (non-hydrogen) atoms. The van der Waals surface area contributed by atoms with Gasteiger partial charge >= 0.3 is 5.97 Å². The normalized spacial score (nSPS) is 27.1. The fourth-order valence-corrected chi connectivity index (χ4v) is 5.71. The third kappa shape index (κ3) is 3.43. The fourth-order valence-electron chi connectivity index (χ4n) is 4.69. The Bertz CT molecular complexity index is 903. The number of ether oxygens (including phenoxy) is 1. The van der Waals surface area contributed by atoms with Crippen LogP contribution in [0.15, 0.2) is 60.7 Å². The summed E-state index contributed by atoms with van der Waals surface area (Å²) in [7, 11) is 0. The van der Waals surface area contributed by atoms with Crippen LogP contribution < -0.4 is 0 Å². The first-order valence-corrected chi connectivity index (χ1v) is 10.6. The van der Waals surface area contributed by atoms with Crippen molar-refractivity contribution in [1.29, 1.82) is 0 Å². The molecular formula is C23H23Cl2NO3. The van der Waals surface area contributed by atoms with Crippen LogP contribution in [0.5, 0.6) is 0 Å². The Morgan fingerprint density at radius 1 is 1.07 bits per heavy atom. The highest BCUT2D eigenvalue weighted by molar-refractivity contribution is 6.52. The minimum absolute atomic E-state index is 0.110. The lowest BCUT2D eigenvalue weighted by Gasteiger charge is -2.39. The SMILES string of the molecule is CCOC(=O)[C@]1(Cc2ccccc2)CCN(C(=O)c2ccccc2)[C@@H]2[C@H]1C2(Cl)Cl. The van der Waals surface area contributed by atoms with Gasteiger partial charge in [-0.15, -0.1) is 0 Å². The molecule has 1 aliphatic heterocycles. The summed E-state index contributed by atoms with van der Waals surface area (Å²) in [5.74, 6) is -0.770. The molecule has 152 valence electrons. The minimum atomic E-state index is -1.18. The number of likely N-dealkylation sites (tertiary alicyclic amines) is 1. The second-order valence-electron chi connectivity index (χ2n) is 7.75. The zero-order chi connectivity index (χ0) is 20.6. The average molecular weight is 432 g/mol. The third-order valence-electron chi connectivity index (χ3n) is 6.07. The van der Waals surface area contributed by atoms with E-state index in [9.17, 15) is 9.59 Å². The van der Waals surface area contributed by atoms with E-state index >= 15 is 0 Å². The quantitative estimate of drug-likeness (QED) is 0.517. The van der Waals surface area contributed by atoms with Gasteiger partial charge in [0.2, 0.25) is 0 Å². The lowest BCUT2D eigenvalue weighted by Crippen LogP contribution is -2.49. The molecule has 0 bridgehead atoms. The number of hydrogen-bond donors (Lipinski definition) is 0. The lowest BCUT2D eigenvalue weighted by molar-refractivity contribution is -0.159. The number of carbonyl (C=O) groups is 2. The molecule has 1 saturated heterocycles. The van der Waals surface area contributed by atoms with Gasteiger partial charge in [0.25, 0.3) is 5.91 Å². The average Bonchev–Trinajstić information content (AvgIpc) is 3.32. The Morgan fingerprint density at radius 3 is 2.31 bits per heavy atom. The summed E-state index contributed by atoms with van der Waals surface area (Å²) in [5.41, 5.74) is 0.770. The number of halogens is 2. The summed E-state index contributed by atoms with van der Waals surface area (Å²) in [6.07, 6.45) is 0.948. The number of rotatable bonds is 5. The van der Waals surface area contributed by atoms with E-state index in [-0.39, 0.29) is 24.4 Å². The van der Waals surface area contributed by atoms with Gasteiger partial charge in [0.15, 0.2) is 0 Å². The summed E-state index contributed by atoms with van der Waals surface area (Å²) in [4.78, 5) is 28.0. The molecule has 1 aliphatic carbocycles. The fraction of sp³-hybridized carbons (Fsp3) is 0.391. The van der Waals surface area contributed by atoms with Crippen LogP contribution in [0, 0.1) is 11.3 Å². The zero-order valence-corrected chi connectivity index (χ0v) is 17.7. The van der Waals surface area contributed by atoms with Crippen LogP contribution in [-0.2, 0) is 16.0 Å². The Balaban J connectivity index is 1.67. The molecule has 2 aromatic carbocycles. The van der Waals surface area contributed by atoms with Crippen molar-refractivity contribution in [3.05, 3.63) is 71.8 Å². The molecule has 2 fully saturated rings. The Morgan fingerprint density at radius 2 is 1.69 bits per heavy atom. The van der Waals surface area contributed by atoms with E-state index in [0.29, 0.717) is 24.9 Å². The highest BCUT2D eigenvalue weighted by Gasteiger charge is 2.77. The van der Waals surface area contributed by atoms with Gasteiger partial charge in [-0.2, -0.15) is 0 Å². The summed E-state index contributed by atoms with van der Waals surface area (Å²) < 4.78 is 4.29. The van der Waals surface area contributed by atoms with E-state index in [4.69, 9.17) is 27.9 Å². The number of esters is 1. The Kier molecular flexibility index (Phi) is 5.34. The number of hydrogen-bond acceptors (Lipinski definition) is 3. The van der Waals surface area contributed by atoms with Crippen molar-refractivity contribution < 1.29 is 14.3 Å². The topological polar surface area (TPSA) is 46.6 Å². The number of alkyl halides is 2. The van der Waals surface area contributed by atoms with Gasteiger partial charge in [0, 0.05) is 18.0 Å². The largest absolute Gasteiger partial charge is 0.466 e. The molecule has 4 nitrogen and oxygen atoms in total. The molecule has 1 amide bonds. The molecule has 0 aromatic heterocycles. The minimum Gasteiger partial charge on any atom is -0.466 e. The van der Waals surface area contributed by atoms with Gasteiger partial charge in [-0.1, -0.05) is 71.7 Å².